The fraction of sp³-hybridized carbons (Fsp3) is 0.385. The van der Waals surface area contributed by atoms with E-state index in [0.29, 0.717) is 26.2 Å². The molecule has 1 saturated heterocycles. The summed E-state index contributed by atoms with van der Waals surface area (Å²) in [5.74, 6) is -2.92. The first-order chi connectivity index (χ1) is 17.3. The first-order valence-electron chi connectivity index (χ1n) is 11.9. The van der Waals surface area contributed by atoms with Crippen LogP contribution in [-0.2, 0) is 19.1 Å². The summed E-state index contributed by atoms with van der Waals surface area (Å²) in [5.41, 5.74) is 4.61. The van der Waals surface area contributed by atoms with Gasteiger partial charge in [-0.15, -0.1) is 0 Å². The van der Waals surface area contributed by atoms with Gasteiger partial charge in [-0.1, -0.05) is 48.5 Å². The van der Waals surface area contributed by atoms with Crippen molar-refractivity contribution < 1.29 is 34.1 Å². The van der Waals surface area contributed by atoms with Crippen molar-refractivity contribution in [1.29, 1.82) is 0 Å². The van der Waals surface area contributed by atoms with Gasteiger partial charge in [-0.05, 0) is 28.7 Å². The van der Waals surface area contributed by atoms with Crippen LogP contribution in [-0.4, -0.2) is 89.3 Å². The second-order valence-corrected chi connectivity index (χ2v) is 8.96. The topological polar surface area (TPSA) is 136 Å². The number of nitrogens with zero attached hydrogens (tertiary/aromatic N) is 2. The number of aliphatic carboxylic acids is 2. The average Bonchev–Trinajstić information content (AvgIpc) is 3.19. The molecular formula is C26H29N3O7. The SMILES string of the molecule is O=C(O)CCC(NC(=O)CN1CCN(C(=O)OCC2c3ccccc3-c3ccccc32)CC1)C(=O)O. The molecule has 10 nitrogen and oxygen atoms in total. The van der Waals surface area contributed by atoms with Crippen LogP contribution in [0, 0.1) is 0 Å². The van der Waals surface area contributed by atoms with Crippen LogP contribution in [0.5, 0.6) is 0 Å². The lowest BCUT2D eigenvalue weighted by Crippen LogP contribution is -2.52. The summed E-state index contributed by atoms with van der Waals surface area (Å²) in [7, 11) is 0. The van der Waals surface area contributed by atoms with E-state index in [9.17, 15) is 24.3 Å². The van der Waals surface area contributed by atoms with Gasteiger partial charge in [-0.2, -0.15) is 0 Å². The van der Waals surface area contributed by atoms with Gasteiger partial charge in [0.25, 0.3) is 0 Å². The lowest BCUT2D eigenvalue weighted by Gasteiger charge is -2.34. The molecule has 0 saturated carbocycles. The highest BCUT2D eigenvalue weighted by atomic mass is 16.6. The molecule has 3 N–H and O–H groups in total. The van der Waals surface area contributed by atoms with Crippen molar-refractivity contribution >= 4 is 23.9 Å². The van der Waals surface area contributed by atoms with E-state index in [4.69, 9.17) is 9.84 Å². The largest absolute Gasteiger partial charge is 0.481 e. The molecule has 2 amide bonds. The number of piperazine rings is 1. The Labute approximate surface area is 208 Å². The van der Waals surface area contributed by atoms with Crippen molar-refractivity contribution in [2.24, 2.45) is 0 Å². The smallest absolute Gasteiger partial charge is 0.409 e. The number of rotatable bonds is 9. The van der Waals surface area contributed by atoms with Gasteiger partial charge in [0.15, 0.2) is 0 Å². The number of hydrogen-bond acceptors (Lipinski definition) is 6. The maximum absolute atomic E-state index is 12.7. The van der Waals surface area contributed by atoms with Crippen molar-refractivity contribution in [2.75, 3.05) is 39.3 Å². The quantitative estimate of drug-likeness (QED) is 0.481. The van der Waals surface area contributed by atoms with Gasteiger partial charge in [0.2, 0.25) is 5.91 Å². The first-order valence-corrected chi connectivity index (χ1v) is 11.9. The molecule has 190 valence electrons. The lowest BCUT2D eigenvalue weighted by molar-refractivity contribution is -0.143. The number of carbonyl (C=O) groups excluding carboxylic acids is 2. The highest BCUT2D eigenvalue weighted by molar-refractivity contribution is 5.85. The predicted octanol–water partition coefficient (Wildman–Crippen LogP) is 1.99. The Balaban J connectivity index is 1.25. The van der Waals surface area contributed by atoms with E-state index in [0.717, 1.165) is 22.3 Å². The molecule has 2 aromatic rings. The van der Waals surface area contributed by atoms with Gasteiger partial charge in [0.05, 0.1) is 6.54 Å². The molecule has 1 fully saturated rings. The van der Waals surface area contributed by atoms with Crippen molar-refractivity contribution in [2.45, 2.75) is 24.8 Å². The number of fused-ring (bicyclic) bond motifs is 3. The number of carboxylic acids is 2. The van der Waals surface area contributed by atoms with Crippen LogP contribution in [0.15, 0.2) is 48.5 Å². The molecule has 0 bridgehead atoms. The first kappa shape index (κ1) is 25.2. The zero-order chi connectivity index (χ0) is 25.7. The van der Waals surface area contributed by atoms with Gasteiger partial charge in [-0.25, -0.2) is 9.59 Å². The van der Waals surface area contributed by atoms with Gasteiger partial charge >= 0.3 is 18.0 Å². The third-order valence-electron chi connectivity index (χ3n) is 6.61. The average molecular weight is 496 g/mol. The van der Waals surface area contributed by atoms with E-state index in [1.807, 2.05) is 29.2 Å². The Bertz CT molecular complexity index is 1100. The molecule has 36 heavy (non-hydrogen) atoms. The van der Waals surface area contributed by atoms with Crippen molar-refractivity contribution in [3.8, 4) is 11.1 Å². The third-order valence-corrected chi connectivity index (χ3v) is 6.61. The number of amides is 2. The molecule has 1 aliphatic heterocycles. The Morgan fingerprint density at radius 2 is 1.50 bits per heavy atom. The van der Waals surface area contributed by atoms with Crippen LogP contribution in [0.3, 0.4) is 0 Å². The maximum atomic E-state index is 12.7. The Hall–Kier alpha value is -3.92. The second-order valence-electron chi connectivity index (χ2n) is 8.96. The monoisotopic (exact) mass is 495 g/mol. The van der Waals surface area contributed by atoms with Gasteiger partial charge in [-0.3, -0.25) is 14.5 Å². The molecule has 2 aromatic carbocycles. The molecular weight excluding hydrogens is 466 g/mol. The fourth-order valence-corrected chi connectivity index (χ4v) is 4.74. The van der Waals surface area contributed by atoms with Crippen LogP contribution in [0.25, 0.3) is 11.1 Å². The summed E-state index contributed by atoms with van der Waals surface area (Å²) in [4.78, 5) is 50.4. The summed E-state index contributed by atoms with van der Waals surface area (Å²) in [5, 5.41) is 20.3. The summed E-state index contributed by atoms with van der Waals surface area (Å²) in [6.07, 6.45) is -0.942. The standard InChI is InChI=1S/C26H29N3O7/c30-23(27-22(25(33)34)9-10-24(31)32)15-28-11-13-29(14-12-28)26(35)36-16-21-19-7-3-1-5-17(19)18-6-2-4-8-20(18)21/h1-8,21-22H,9-16H2,(H,27,30)(H,31,32)(H,33,34). The fourth-order valence-electron chi connectivity index (χ4n) is 4.74. The van der Waals surface area contributed by atoms with Crippen molar-refractivity contribution in [1.82, 2.24) is 15.1 Å². The Morgan fingerprint density at radius 1 is 0.917 bits per heavy atom. The minimum Gasteiger partial charge on any atom is -0.481 e. The summed E-state index contributed by atoms with van der Waals surface area (Å²) < 4.78 is 5.70. The van der Waals surface area contributed by atoms with Crippen LogP contribution in [0.1, 0.15) is 29.9 Å². The molecule has 2 aliphatic rings. The lowest BCUT2D eigenvalue weighted by atomic mass is 9.98. The molecule has 1 unspecified atom stereocenters. The highest BCUT2D eigenvalue weighted by Crippen LogP contribution is 2.44. The number of carbonyl (C=O) groups is 4. The van der Waals surface area contributed by atoms with E-state index in [-0.39, 0.29) is 31.9 Å². The van der Waals surface area contributed by atoms with Crippen LogP contribution >= 0.6 is 0 Å². The number of ether oxygens (including phenoxy) is 1. The minimum atomic E-state index is -1.27. The summed E-state index contributed by atoms with van der Waals surface area (Å²) >= 11 is 0. The highest BCUT2D eigenvalue weighted by Gasteiger charge is 2.31. The number of carboxylic acid groups (broad SMARTS) is 2. The van der Waals surface area contributed by atoms with E-state index in [2.05, 4.69) is 29.6 Å². The zero-order valence-electron chi connectivity index (χ0n) is 19.8. The van der Waals surface area contributed by atoms with Crippen molar-refractivity contribution in [3.63, 3.8) is 0 Å². The minimum absolute atomic E-state index is 0.0188. The van der Waals surface area contributed by atoms with Gasteiger partial charge in [0.1, 0.15) is 12.6 Å². The van der Waals surface area contributed by atoms with Crippen LogP contribution in [0.4, 0.5) is 4.79 Å². The Morgan fingerprint density at radius 3 is 2.06 bits per heavy atom. The summed E-state index contributed by atoms with van der Waals surface area (Å²) in [6, 6.07) is 15.0. The number of benzene rings is 2. The molecule has 0 radical (unpaired) electrons. The van der Waals surface area contributed by atoms with E-state index in [1.54, 1.807) is 4.90 Å². The van der Waals surface area contributed by atoms with E-state index >= 15 is 0 Å². The third kappa shape index (κ3) is 5.83. The van der Waals surface area contributed by atoms with Crippen LogP contribution < -0.4 is 5.32 Å². The molecule has 10 heteroatoms. The number of nitrogens with one attached hydrogen (secondary N) is 1. The maximum Gasteiger partial charge on any atom is 0.409 e. The molecule has 1 aliphatic carbocycles. The van der Waals surface area contributed by atoms with Gasteiger partial charge < -0.3 is 25.2 Å². The van der Waals surface area contributed by atoms with E-state index < -0.39 is 30.0 Å². The van der Waals surface area contributed by atoms with E-state index in [1.165, 1.54) is 0 Å². The molecule has 1 atom stereocenters. The molecule has 1 heterocycles. The zero-order valence-corrected chi connectivity index (χ0v) is 19.8. The molecule has 4 rings (SSSR count). The predicted molar refractivity (Wildman–Crippen MR) is 130 cm³/mol. The molecule has 0 aromatic heterocycles. The Kier molecular flexibility index (Phi) is 7.84. The summed E-state index contributed by atoms with van der Waals surface area (Å²) in [6.45, 7) is 1.84. The van der Waals surface area contributed by atoms with Gasteiger partial charge in [0, 0.05) is 38.5 Å². The second kappa shape index (κ2) is 11.2. The van der Waals surface area contributed by atoms with Crippen LogP contribution in [0.2, 0.25) is 0 Å². The molecule has 0 spiro atoms. The number of hydrogen-bond donors (Lipinski definition) is 3. The normalized spacial score (nSPS) is 16.1. The van der Waals surface area contributed by atoms with Crippen molar-refractivity contribution in [3.05, 3.63) is 59.7 Å².